The minimum atomic E-state index is -0.937. The molecule has 0 atom stereocenters. The van der Waals surface area contributed by atoms with E-state index in [1.54, 1.807) is 12.1 Å². The number of H-pyrrole nitrogens is 1. The Labute approximate surface area is 170 Å². The molecule has 9 heteroatoms. The number of rotatable bonds is 7. The normalized spacial score (nSPS) is 10.4. The number of nitrogens with two attached hydrogens (primary N) is 1. The molecule has 1 heterocycles. The van der Waals surface area contributed by atoms with Gasteiger partial charge in [0.1, 0.15) is 23.7 Å². The summed E-state index contributed by atoms with van der Waals surface area (Å²) >= 11 is 0. The maximum Gasteiger partial charge on any atom is 0.338 e. The Balaban J connectivity index is 1.65. The first-order valence-corrected chi connectivity index (χ1v) is 8.92. The molecule has 0 saturated carbocycles. The Morgan fingerprint density at radius 2 is 1.80 bits per heavy atom. The predicted octanol–water partition coefficient (Wildman–Crippen LogP) is 1.27. The van der Waals surface area contributed by atoms with E-state index in [9.17, 15) is 19.2 Å². The van der Waals surface area contributed by atoms with Crippen molar-refractivity contribution < 1.29 is 19.1 Å². The molecule has 0 radical (unpaired) electrons. The summed E-state index contributed by atoms with van der Waals surface area (Å²) < 4.78 is 11.6. The van der Waals surface area contributed by atoms with Crippen molar-refractivity contribution in [2.24, 2.45) is 7.05 Å². The predicted molar refractivity (Wildman–Crippen MR) is 109 cm³/mol. The number of aromatic nitrogens is 2. The Kier molecular flexibility index (Phi) is 6.11. The molecule has 9 nitrogen and oxygen atoms in total. The maximum absolute atomic E-state index is 12.3. The van der Waals surface area contributed by atoms with Crippen LogP contribution in [0.2, 0.25) is 0 Å². The molecule has 30 heavy (non-hydrogen) atoms. The van der Waals surface area contributed by atoms with E-state index in [4.69, 9.17) is 15.2 Å². The standard InChI is InChI=1S/C21H19N3O6/c1-24-18(22)17(19(26)23-21(24)28)16(25)12-30-20(27)14-8-5-9-15(10-14)29-11-13-6-3-2-4-7-13/h2-10H,11-12,22H2,1H3,(H,23,26,28). The molecule has 0 fully saturated rings. The molecule has 2 aromatic carbocycles. The van der Waals surface area contributed by atoms with Gasteiger partial charge < -0.3 is 15.2 Å². The molecule has 0 saturated heterocycles. The van der Waals surface area contributed by atoms with Crippen molar-refractivity contribution in [3.63, 3.8) is 0 Å². The van der Waals surface area contributed by atoms with Crippen LogP contribution in [0.5, 0.6) is 5.75 Å². The zero-order valence-electron chi connectivity index (χ0n) is 16.1. The second-order valence-corrected chi connectivity index (χ2v) is 6.38. The van der Waals surface area contributed by atoms with Gasteiger partial charge in [-0.15, -0.1) is 0 Å². The summed E-state index contributed by atoms with van der Waals surface area (Å²) in [6, 6.07) is 15.8. The fourth-order valence-corrected chi connectivity index (χ4v) is 2.65. The molecule has 3 rings (SSSR count). The number of aromatic amines is 1. The van der Waals surface area contributed by atoms with Gasteiger partial charge in [0.05, 0.1) is 5.56 Å². The van der Waals surface area contributed by atoms with Gasteiger partial charge in [-0.25, -0.2) is 9.59 Å². The number of esters is 1. The van der Waals surface area contributed by atoms with Gasteiger partial charge in [-0.05, 0) is 23.8 Å². The van der Waals surface area contributed by atoms with Crippen molar-refractivity contribution >= 4 is 17.6 Å². The number of hydrogen-bond donors (Lipinski definition) is 2. The highest BCUT2D eigenvalue weighted by molar-refractivity contribution is 6.02. The van der Waals surface area contributed by atoms with Gasteiger partial charge in [0.2, 0.25) is 5.78 Å². The second kappa shape index (κ2) is 8.91. The number of carbonyl (C=O) groups excluding carboxylic acids is 2. The smallest absolute Gasteiger partial charge is 0.338 e. The summed E-state index contributed by atoms with van der Waals surface area (Å²) in [6.45, 7) is -0.383. The largest absolute Gasteiger partial charge is 0.489 e. The van der Waals surface area contributed by atoms with Crippen LogP contribution in [0.4, 0.5) is 5.82 Å². The number of benzene rings is 2. The molecule has 1 aromatic heterocycles. The van der Waals surface area contributed by atoms with Crippen LogP contribution in [-0.4, -0.2) is 27.9 Å². The summed E-state index contributed by atoms with van der Waals surface area (Å²) in [4.78, 5) is 49.9. The molecule has 0 spiro atoms. The van der Waals surface area contributed by atoms with Crippen LogP contribution in [0.1, 0.15) is 26.3 Å². The van der Waals surface area contributed by atoms with E-state index in [0.717, 1.165) is 10.1 Å². The van der Waals surface area contributed by atoms with Gasteiger partial charge in [-0.1, -0.05) is 36.4 Å². The second-order valence-electron chi connectivity index (χ2n) is 6.38. The van der Waals surface area contributed by atoms with Gasteiger partial charge in [0.25, 0.3) is 5.56 Å². The molecule has 3 N–H and O–H groups in total. The lowest BCUT2D eigenvalue weighted by Gasteiger charge is -2.09. The molecule has 0 aliphatic rings. The van der Waals surface area contributed by atoms with Gasteiger partial charge in [0, 0.05) is 7.05 Å². The molecular weight excluding hydrogens is 390 g/mol. The van der Waals surface area contributed by atoms with Crippen molar-refractivity contribution in [2.45, 2.75) is 6.61 Å². The molecule has 3 aromatic rings. The highest BCUT2D eigenvalue weighted by atomic mass is 16.5. The van der Waals surface area contributed by atoms with Crippen LogP contribution < -0.4 is 21.7 Å². The topological polar surface area (TPSA) is 133 Å². The van der Waals surface area contributed by atoms with E-state index in [-0.39, 0.29) is 11.4 Å². The number of hydrogen-bond acceptors (Lipinski definition) is 7. The summed E-state index contributed by atoms with van der Waals surface area (Å²) in [6.07, 6.45) is 0. The first-order valence-electron chi connectivity index (χ1n) is 8.92. The van der Waals surface area contributed by atoms with Crippen molar-refractivity contribution in [1.82, 2.24) is 9.55 Å². The molecule has 0 bridgehead atoms. The fourth-order valence-electron chi connectivity index (χ4n) is 2.65. The Morgan fingerprint density at radius 3 is 2.53 bits per heavy atom. The minimum absolute atomic E-state index is 0.177. The number of ether oxygens (including phenoxy) is 2. The lowest BCUT2D eigenvalue weighted by molar-refractivity contribution is 0.0474. The van der Waals surface area contributed by atoms with E-state index >= 15 is 0 Å². The fraction of sp³-hybridized carbons (Fsp3) is 0.143. The van der Waals surface area contributed by atoms with Crippen LogP contribution in [-0.2, 0) is 18.4 Å². The number of nitrogens with one attached hydrogen (secondary N) is 1. The Hall–Kier alpha value is -4.14. The lowest BCUT2D eigenvalue weighted by atomic mass is 10.2. The summed E-state index contributed by atoms with van der Waals surface area (Å²) in [5.74, 6) is -1.44. The molecule has 0 amide bonds. The molecule has 0 aliphatic carbocycles. The molecule has 0 unspecified atom stereocenters. The Morgan fingerprint density at radius 1 is 1.07 bits per heavy atom. The lowest BCUT2D eigenvalue weighted by Crippen LogP contribution is -2.35. The van der Waals surface area contributed by atoms with Crippen molar-refractivity contribution in [1.29, 1.82) is 0 Å². The summed E-state index contributed by atoms with van der Waals surface area (Å²) in [7, 11) is 1.30. The number of nitrogens with zero attached hydrogens (tertiary/aromatic N) is 1. The maximum atomic E-state index is 12.3. The third-order valence-electron chi connectivity index (χ3n) is 4.30. The van der Waals surface area contributed by atoms with E-state index in [0.29, 0.717) is 12.4 Å². The SMILES string of the molecule is Cn1c(N)c(C(=O)COC(=O)c2cccc(OCc3ccccc3)c2)c(=O)[nH]c1=O. The average molecular weight is 409 g/mol. The van der Waals surface area contributed by atoms with Gasteiger partial charge >= 0.3 is 11.7 Å². The zero-order chi connectivity index (χ0) is 21.7. The van der Waals surface area contributed by atoms with Gasteiger partial charge in [-0.2, -0.15) is 0 Å². The van der Waals surface area contributed by atoms with Crippen LogP contribution in [0.15, 0.2) is 64.2 Å². The van der Waals surface area contributed by atoms with Crippen LogP contribution in [0.25, 0.3) is 0 Å². The minimum Gasteiger partial charge on any atom is -0.489 e. The van der Waals surface area contributed by atoms with Crippen LogP contribution >= 0.6 is 0 Å². The highest BCUT2D eigenvalue weighted by Crippen LogP contribution is 2.16. The first kappa shape index (κ1) is 20.6. The monoisotopic (exact) mass is 409 g/mol. The number of ketones is 1. The van der Waals surface area contributed by atoms with Crippen molar-refractivity contribution in [3.05, 3.63) is 92.1 Å². The summed E-state index contributed by atoms with van der Waals surface area (Å²) in [5, 5.41) is 0. The van der Waals surface area contributed by atoms with Crippen LogP contribution in [0, 0.1) is 0 Å². The molecular formula is C21H19N3O6. The van der Waals surface area contributed by atoms with E-state index < -0.39 is 35.2 Å². The Bertz CT molecular complexity index is 1200. The van der Waals surface area contributed by atoms with E-state index in [1.165, 1.54) is 19.2 Å². The number of carbonyl (C=O) groups is 2. The number of anilines is 1. The third-order valence-corrected chi connectivity index (χ3v) is 4.30. The van der Waals surface area contributed by atoms with Gasteiger partial charge in [-0.3, -0.25) is 19.1 Å². The van der Waals surface area contributed by atoms with Gasteiger partial charge in [0.15, 0.2) is 6.61 Å². The molecule has 154 valence electrons. The highest BCUT2D eigenvalue weighted by Gasteiger charge is 2.20. The number of nitrogen functional groups attached to an aromatic ring is 1. The zero-order valence-corrected chi connectivity index (χ0v) is 16.1. The molecule has 0 aliphatic heterocycles. The van der Waals surface area contributed by atoms with E-state index in [1.807, 2.05) is 35.3 Å². The summed E-state index contributed by atoms with van der Waals surface area (Å²) in [5.41, 5.74) is 4.69. The van der Waals surface area contributed by atoms with Crippen LogP contribution in [0.3, 0.4) is 0 Å². The third kappa shape index (κ3) is 4.64. The first-order chi connectivity index (χ1) is 14.4. The quantitative estimate of drug-likeness (QED) is 0.443. The van der Waals surface area contributed by atoms with Crippen molar-refractivity contribution in [3.8, 4) is 5.75 Å². The van der Waals surface area contributed by atoms with Crippen molar-refractivity contribution in [2.75, 3.05) is 12.3 Å². The number of Topliss-reactive ketones (excluding diaryl/α,β-unsaturated/α-hetero) is 1. The van der Waals surface area contributed by atoms with E-state index in [2.05, 4.69) is 0 Å². The average Bonchev–Trinajstić information content (AvgIpc) is 2.75.